The van der Waals surface area contributed by atoms with Gasteiger partial charge in [-0.25, -0.2) is 9.59 Å². The van der Waals surface area contributed by atoms with Crippen LogP contribution in [-0.2, 0) is 59.5 Å². The monoisotopic (exact) mass is 1230 g/mol. The molecule has 0 fully saturated rings. The number of nitrogens with one attached hydrogen (secondary N) is 2. The predicted octanol–water partition coefficient (Wildman–Crippen LogP) is 2.51. The highest BCUT2D eigenvalue weighted by Gasteiger charge is 2.37. The molecule has 10 N–H and O–H groups in total. The molecule has 0 saturated carbocycles. The van der Waals surface area contributed by atoms with Gasteiger partial charge in [0, 0.05) is 89.7 Å². The number of aliphatic hydroxyl groups excluding tert-OH is 8. The average molecular weight is 1230 g/mol. The molecule has 0 aromatic heterocycles. The van der Waals surface area contributed by atoms with Crippen molar-refractivity contribution in [3.8, 4) is 0 Å². The summed E-state index contributed by atoms with van der Waals surface area (Å²) in [5.74, 6) is -0.526. The number of esters is 2. The number of hydrogen-bond acceptors (Lipinski definition) is 24. The van der Waals surface area contributed by atoms with Gasteiger partial charge in [0.2, 0.25) is 0 Å². The van der Waals surface area contributed by atoms with Gasteiger partial charge in [0.15, 0.2) is 0 Å². The molecule has 0 aliphatic rings. The third-order valence-electron chi connectivity index (χ3n) is 12.4. The Bertz CT molecular complexity index is 1440. The minimum Gasteiger partial charge on any atom is -0.462 e. The van der Waals surface area contributed by atoms with Gasteiger partial charge < -0.3 is 106 Å². The van der Waals surface area contributed by atoms with Gasteiger partial charge in [0.05, 0.1) is 30.6 Å². The molecule has 0 radical (unpaired) electrons. The van der Waals surface area contributed by atoms with Crippen molar-refractivity contribution in [3.63, 3.8) is 0 Å². The topological polar surface area (TPSA) is 359 Å². The lowest BCUT2D eigenvalue weighted by atomic mass is 9.81. The van der Waals surface area contributed by atoms with E-state index in [9.17, 15) is 34.5 Å². The van der Waals surface area contributed by atoms with Gasteiger partial charge in [-0.1, -0.05) is 66.2 Å². The number of nitrogens with zero attached hydrogens (tertiary/aromatic N) is 1. The number of aliphatic hydroxyl groups is 8. The zero-order chi connectivity index (χ0) is 63.1. The first kappa shape index (κ1) is 87.3. The third kappa shape index (κ3) is 45.5. The van der Waals surface area contributed by atoms with E-state index < -0.39 is 88.0 Å². The Hall–Kier alpha value is -2.51. The van der Waals surface area contributed by atoms with Crippen LogP contribution in [0.2, 0.25) is 18.1 Å². The Labute approximate surface area is 490 Å². The fourth-order valence-electron chi connectivity index (χ4n) is 7.62. The summed E-state index contributed by atoms with van der Waals surface area (Å²) in [7, 11) is 7.19. The number of carbonyl (C=O) groups excluding carboxylic acids is 4. The molecule has 0 aliphatic heterocycles. The molecule has 6 atom stereocenters. The van der Waals surface area contributed by atoms with Crippen LogP contribution in [0.1, 0.15) is 125 Å². The van der Waals surface area contributed by atoms with Crippen LogP contribution < -0.4 is 10.6 Å². The molecule has 0 bridgehead atoms. The quantitative estimate of drug-likeness (QED) is 0.0181. The Kier molecular flexibility index (Phi) is 62.4. The summed E-state index contributed by atoms with van der Waals surface area (Å²) in [6, 6.07) is 2.14. The highest BCUT2D eigenvalue weighted by molar-refractivity contribution is 6.60. The maximum Gasteiger partial charge on any atom is 0.500 e. The second kappa shape index (κ2) is 57.9. The highest BCUT2D eigenvalue weighted by Crippen LogP contribution is 2.32. The standard InChI is InChI=1S/C22H45NO9Si.C18H39NO5Si.C10H23NO7Si.2CH4O/c1-6-8-11-22(3,10-7-2)20(27)31-16-18(25)14-23(12-9-13-33(29-4)30-5)21(28)32-17-19(26)15-24;1-6-8-11-18(3,10-7-2)17(21)24-15-16(20)14-19-12-9-13-25(22-4)23-5;1-15-19(16-2,17-3)6-4-5-11-10(14)18-8-9(13)7-12;2*1-2/h18-19,24-26,33H,6-17H2,1-5H3;16,19-20,25H,6-15H2,1-5H3;9,12-13H,4-8H2,1-3H3,(H,11,14);2*2H,1H3. The molecule has 0 aromatic carbocycles. The van der Waals surface area contributed by atoms with Crippen LogP contribution in [-0.4, -0.2) is 258 Å². The van der Waals surface area contributed by atoms with E-state index in [0.717, 1.165) is 91.0 Å². The molecule has 26 nitrogen and oxygen atoms in total. The zero-order valence-electron chi connectivity index (χ0n) is 52.2. The fraction of sp³-hybridized carbons (Fsp3) is 0.923. The number of ether oxygens (including phenoxy) is 4. The molecular weight excluding hydrogens is 1120 g/mol. The number of unbranched alkanes of at least 4 members (excludes halogenated alkanes) is 2. The molecule has 0 rings (SSSR count). The van der Waals surface area contributed by atoms with Crippen molar-refractivity contribution in [3.05, 3.63) is 0 Å². The summed E-state index contributed by atoms with van der Waals surface area (Å²) in [6.45, 7) is 12.1. The molecule has 0 spiro atoms. The first-order valence-corrected chi connectivity index (χ1v) is 33.6. The molecule has 0 saturated heterocycles. The van der Waals surface area contributed by atoms with Crippen molar-refractivity contribution in [2.24, 2.45) is 10.8 Å². The van der Waals surface area contributed by atoms with Crippen LogP contribution in [0, 0.1) is 10.8 Å². The minimum atomic E-state index is -2.60. The fourth-order valence-corrected chi connectivity index (χ4v) is 11.7. The lowest BCUT2D eigenvalue weighted by molar-refractivity contribution is -0.159. The van der Waals surface area contributed by atoms with Gasteiger partial charge in [-0.15, -0.1) is 0 Å². The van der Waals surface area contributed by atoms with Gasteiger partial charge in [-0.2, -0.15) is 0 Å². The summed E-state index contributed by atoms with van der Waals surface area (Å²) in [6.07, 6.45) is 5.59. The molecule has 29 heteroatoms. The van der Waals surface area contributed by atoms with Crippen molar-refractivity contribution in [1.29, 1.82) is 0 Å². The second-order valence-corrected chi connectivity index (χ2v) is 27.1. The van der Waals surface area contributed by atoms with Crippen molar-refractivity contribution in [2.75, 3.05) is 136 Å². The smallest absolute Gasteiger partial charge is 0.462 e. The predicted molar refractivity (Wildman–Crippen MR) is 314 cm³/mol. The Morgan fingerprint density at radius 3 is 1.36 bits per heavy atom. The highest BCUT2D eigenvalue weighted by atomic mass is 28.4. The van der Waals surface area contributed by atoms with E-state index in [-0.39, 0.29) is 51.5 Å². The van der Waals surface area contributed by atoms with Crippen LogP contribution in [0.3, 0.4) is 0 Å². The lowest BCUT2D eigenvalue weighted by Gasteiger charge is -2.29. The van der Waals surface area contributed by atoms with E-state index in [4.69, 9.17) is 70.7 Å². The molecule has 6 unspecified atom stereocenters. The Morgan fingerprint density at radius 1 is 0.531 bits per heavy atom. The van der Waals surface area contributed by atoms with Crippen molar-refractivity contribution < 1.29 is 110 Å². The SMILES string of the molecule is CCCCC(C)(CCC)C(=O)OCC(O)CN(CCC[SiH](OC)OC)C(=O)OCC(O)CO.CCCCC(C)(CCC)C(=O)OCC(O)CNCCC[SiH](OC)OC.CO.CO.CO[Si](CCCNC(=O)OCC(O)CO)(OC)OC. The van der Waals surface area contributed by atoms with E-state index in [2.05, 4.69) is 36.1 Å². The van der Waals surface area contributed by atoms with Gasteiger partial charge in [0.1, 0.15) is 50.8 Å². The summed E-state index contributed by atoms with van der Waals surface area (Å²) in [4.78, 5) is 50.0. The van der Waals surface area contributed by atoms with Crippen LogP contribution >= 0.6 is 0 Å². The van der Waals surface area contributed by atoms with Crippen molar-refractivity contribution in [2.45, 2.75) is 168 Å². The van der Waals surface area contributed by atoms with E-state index in [1.54, 1.807) is 28.4 Å². The largest absolute Gasteiger partial charge is 0.500 e. The average Bonchev–Trinajstić information content (AvgIpc) is 3.49. The van der Waals surface area contributed by atoms with E-state index in [1.807, 2.05) is 20.8 Å². The number of carbonyl (C=O) groups is 4. The molecule has 0 aliphatic carbocycles. The van der Waals surface area contributed by atoms with Crippen molar-refractivity contribution >= 4 is 51.5 Å². The first-order chi connectivity index (χ1) is 38.6. The Morgan fingerprint density at radius 2 is 0.951 bits per heavy atom. The van der Waals surface area contributed by atoms with E-state index in [1.165, 1.54) is 26.2 Å². The van der Waals surface area contributed by atoms with E-state index >= 15 is 0 Å². The summed E-state index contributed by atoms with van der Waals surface area (Å²) >= 11 is 0. The summed E-state index contributed by atoms with van der Waals surface area (Å²) in [5, 5.41) is 76.0. The second-order valence-electron chi connectivity index (χ2n) is 19.2. The van der Waals surface area contributed by atoms with E-state index in [0.29, 0.717) is 44.4 Å². The maximum absolute atomic E-state index is 12.7. The third-order valence-corrected chi connectivity index (χ3v) is 19.1. The van der Waals surface area contributed by atoms with Crippen LogP contribution in [0.5, 0.6) is 0 Å². The number of rotatable bonds is 45. The zero-order valence-corrected chi connectivity index (χ0v) is 55.5. The molecule has 488 valence electrons. The lowest BCUT2D eigenvalue weighted by Crippen LogP contribution is -2.43. The van der Waals surface area contributed by atoms with Gasteiger partial charge >= 0.3 is 51.5 Å². The Balaban J connectivity index is -0.000000357. The normalized spacial score (nSPS) is 14.0. The maximum atomic E-state index is 12.7. The van der Waals surface area contributed by atoms with Gasteiger partial charge in [-0.05, 0) is 77.4 Å². The molecule has 81 heavy (non-hydrogen) atoms. The van der Waals surface area contributed by atoms with Crippen molar-refractivity contribution in [1.82, 2.24) is 15.5 Å². The van der Waals surface area contributed by atoms with Gasteiger partial charge in [0.25, 0.3) is 0 Å². The number of hydrogen-bond donors (Lipinski definition) is 10. The van der Waals surface area contributed by atoms with Crippen LogP contribution in [0.4, 0.5) is 9.59 Å². The molecular formula is C52H115N3O23Si3. The molecule has 0 aromatic rings. The van der Waals surface area contributed by atoms with Gasteiger partial charge in [-0.3, -0.25) is 9.59 Å². The molecule has 2 amide bonds. The molecule has 0 heterocycles. The summed E-state index contributed by atoms with van der Waals surface area (Å²) in [5.41, 5.74) is -1.03. The number of alkyl carbamates (subject to hydrolysis) is 1. The number of amides is 2. The summed E-state index contributed by atoms with van der Waals surface area (Å²) < 4.78 is 57.2. The van der Waals surface area contributed by atoms with Crippen LogP contribution in [0.25, 0.3) is 0 Å². The minimum absolute atomic E-state index is 0.0464. The first-order valence-electron chi connectivity index (χ1n) is 28.1. The van der Waals surface area contributed by atoms with Crippen LogP contribution in [0.15, 0.2) is 0 Å².